The Bertz CT molecular complexity index is 1450. The molecule has 178 valence electrons. The summed E-state index contributed by atoms with van der Waals surface area (Å²) in [4.78, 5) is -1.37. The van der Waals surface area contributed by atoms with Crippen LogP contribution in [0.1, 0.15) is 0 Å². The van der Waals surface area contributed by atoms with E-state index < -0.39 is 41.5 Å². The van der Waals surface area contributed by atoms with Crippen molar-refractivity contribution in [1.29, 1.82) is 0 Å². The van der Waals surface area contributed by atoms with Gasteiger partial charge < -0.3 is 10.2 Å². The molecule has 0 saturated heterocycles. The van der Waals surface area contributed by atoms with Gasteiger partial charge >= 0.3 is 0 Å². The largest absolute Gasteiger partial charge is 0.507 e. The molecule has 0 unspecified atom stereocenters. The maximum absolute atomic E-state index is 11.0. The van der Waals surface area contributed by atoms with Crippen LogP contribution in [0.25, 0.3) is 21.9 Å². The van der Waals surface area contributed by atoms with Crippen molar-refractivity contribution < 1.29 is 45.3 Å². The molecule has 0 aliphatic rings. The smallest absolute Gasteiger partial charge is 0.294 e. The lowest BCUT2D eigenvalue weighted by atomic mass is 10.1. The zero-order chi connectivity index (χ0) is 25.3. The summed E-state index contributed by atoms with van der Waals surface area (Å²) in [6, 6.07) is 11.6. The van der Waals surface area contributed by atoms with E-state index in [0.29, 0.717) is 12.1 Å². The molecule has 4 N–H and O–H groups in total. The molecule has 0 atom stereocenters. The first-order valence-corrected chi connectivity index (χ1v) is 12.5. The number of hydrogen-bond donors (Lipinski definition) is 4. The highest BCUT2D eigenvalue weighted by atomic mass is 32.2. The van der Waals surface area contributed by atoms with Gasteiger partial charge in [-0.1, -0.05) is 0 Å². The van der Waals surface area contributed by atoms with Gasteiger partial charge in [0.1, 0.15) is 25.6 Å². The van der Waals surface area contributed by atoms with E-state index in [1.807, 2.05) is 23.2 Å². The Morgan fingerprint density at radius 1 is 0.618 bits per heavy atom. The van der Waals surface area contributed by atoms with E-state index in [0.717, 1.165) is 12.1 Å². The van der Waals surface area contributed by atoms with Crippen LogP contribution in [0, 0.1) is 0 Å². The number of fused-ring (bicyclic) bond motifs is 1. The van der Waals surface area contributed by atoms with Gasteiger partial charge in [-0.15, -0.1) is 0 Å². The van der Waals surface area contributed by atoms with Crippen molar-refractivity contribution in [1.82, 2.24) is 0 Å². The van der Waals surface area contributed by atoms with Crippen molar-refractivity contribution in [3.05, 3.63) is 73.3 Å². The number of phenols is 2. The van der Waals surface area contributed by atoms with E-state index in [4.69, 9.17) is 9.11 Å². The van der Waals surface area contributed by atoms with Crippen molar-refractivity contribution in [3.63, 3.8) is 0 Å². The molecule has 4 rings (SSSR count). The molecule has 10 nitrogen and oxygen atoms in total. The van der Waals surface area contributed by atoms with Gasteiger partial charge in [-0.05, 0) is 28.6 Å². The molecular formula is C22H22N2O8S2+2. The first kappa shape index (κ1) is 25.1. The number of hydrogen-bond acceptors (Lipinski definition) is 6. The van der Waals surface area contributed by atoms with Crippen molar-refractivity contribution in [2.24, 2.45) is 14.1 Å². The molecular weight excluding hydrogens is 484 g/mol. The van der Waals surface area contributed by atoms with Gasteiger partial charge in [-0.3, -0.25) is 9.11 Å². The zero-order valence-corrected chi connectivity index (χ0v) is 19.7. The molecule has 0 aliphatic carbocycles. The van der Waals surface area contributed by atoms with Crippen LogP contribution >= 0.6 is 0 Å². The topological polar surface area (TPSA) is 157 Å². The number of phenolic OH excluding ortho intramolecular Hbond substituents is 2. The fourth-order valence-electron chi connectivity index (χ4n) is 3.10. The van der Waals surface area contributed by atoms with Crippen LogP contribution in [0.2, 0.25) is 0 Å². The number of benzene rings is 2. The third-order valence-corrected chi connectivity index (χ3v) is 6.50. The SMILES string of the molecule is C[n+]1ccc(-c2cc[n+](C)cc2)cc1.O=S(=O)(O)c1cc(O)c2c(O)cc(S(=O)(=O)O)cc2c1. The second-order valence-electron chi connectivity index (χ2n) is 7.44. The maximum atomic E-state index is 11.0. The summed E-state index contributed by atoms with van der Waals surface area (Å²) in [5, 5.41) is 18.9. The fraction of sp³-hybridized carbons (Fsp3) is 0.0909. The molecule has 0 bridgehead atoms. The summed E-state index contributed by atoms with van der Waals surface area (Å²) in [5.74, 6) is -1.34. The van der Waals surface area contributed by atoms with Crippen LogP contribution in [-0.2, 0) is 34.3 Å². The molecule has 0 fully saturated rings. The van der Waals surface area contributed by atoms with Crippen LogP contribution in [0.15, 0.2) is 83.1 Å². The van der Waals surface area contributed by atoms with E-state index >= 15 is 0 Å². The highest BCUT2D eigenvalue weighted by molar-refractivity contribution is 7.86. The van der Waals surface area contributed by atoms with Crippen LogP contribution in [0.3, 0.4) is 0 Å². The average Bonchev–Trinajstić information content (AvgIpc) is 2.73. The number of rotatable bonds is 3. The Hall–Kier alpha value is -3.58. The van der Waals surface area contributed by atoms with E-state index in [-0.39, 0.29) is 10.8 Å². The number of aryl methyl sites for hydroxylation is 2. The predicted molar refractivity (Wildman–Crippen MR) is 121 cm³/mol. The van der Waals surface area contributed by atoms with Crippen molar-refractivity contribution in [2.75, 3.05) is 0 Å². The van der Waals surface area contributed by atoms with Crippen LogP contribution in [0.4, 0.5) is 0 Å². The molecule has 0 saturated carbocycles. The molecule has 4 aromatic rings. The Kier molecular flexibility index (Phi) is 6.89. The summed E-state index contributed by atoms with van der Waals surface area (Å²) in [6.45, 7) is 0. The Morgan fingerprint density at radius 2 is 0.941 bits per heavy atom. The minimum atomic E-state index is -4.63. The number of aromatic hydroxyl groups is 2. The molecule has 34 heavy (non-hydrogen) atoms. The third-order valence-electron chi connectivity index (χ3n) is 4.84. The van der Waals surface area contributed by atoms with Crippen molar-refractivity contribution in [3.8, 4) is 22.6 Å². The highest BCUT2D eigenvalue weighted by Gasteiger charge is 2.19. The van der Waals surface area contributed by atoms with Crippen LogP contribution in [-0.4, -0.2) is 36.2 Å². The van der Waals surface area contributed by atoms with E-state index in [1.54, 1.807) is 0 Å². The van der Waals surface area contributed by atoms with Gasteiger partial charge in [0, 0.05) is 36.4 Å². The minimum Gasteiger partial charge on any atom is -0.507 e. The standard InChI is InChI=1S/C12H14N2.C10H8O8S2/c1-13-7-3-11(4-8-13)12-5-9-14(2)10-6-12;11-8-3-6(19(13,14)15)1-5-2-7(20(16,17)18)4-9(12)10(5)8/h3-10H,1-2H3;1-4,11-12H,(H,13,14,15)(H,16,17,18)/q+2;. The molecule has 2 aromatic heterocycles. The second-order valence-corrected chi connectivity index (χ2v) is 10.3. The fourth-order valence-corrected chi connectivity index (χ4v) is 4.17. The lowest BCUT2D eigenvalue weighted by Gasteiger charge is -2.08. The first-order chi connectivity index (χ1) is 15.8. The predicted octanol–water partition coefficient (Wildman–Crippen LogP) is 1.75. The number of nitrogens with zero attached hydrogens (tertiary/aromatic N) is 2. The Balaban J connectivity index is 0.000000202. The molecule has 12 heteroatoms. The lowest BCUT2D eigenvalue weighted by molar-refractivity contribution is -0.671. The van der Waals surface area contributed by atoms with Gasteiger partial charge in [-0.25, -0.2) is 9.13 Å². The summed E-state index contributed by atoms with van der Waals surface area (Å²) >= 11 is 0. The Labute approximate surface area is 196 Å². The highest BCUT2D eigenvalue weighted by Crippen LogP contribution is 2.37. The van der Waals surface area contributed by atoms with E-state index in [2.05, 4.69) is 49.1 Å². The summed E-state index contributed by atoms with van der Waals surface area (Å²) < 4.78 is 65.9. The maximum Gasteiger partial charge on any atom is 0.294 e. The minimum absolute atomic E-state index is 0.190. The quantitative estimate of drug-likeness (QED) is 0.242. The van der Waals surface area contributed by atoms with Crippen molar-refractivity contribution >= 4 is 31.0 Å². The number of pyridine rings is 2. The van der Waals surface area contributed by atoms with Gasteiger partial charge in [0.25, 0.3) is 20.2 Å². The molecule has 0 radical (unpaired) electrons. The second kappa shape index (κ2) is 9.35. The summed E-state index contributed by atoms with van der Waals surface area (Å²) in [6.07, 6.45) is 8.23. The molecule has 0 amide bonds. The average molecular weight is 507 g/mol. The van der Waals surface area contributed by atoms with E-state index in [9.17, 15) is 27.0 Å². The summed E-state index contributed by atoms with van der Waals surface area (Å²) in [7, 11) is -5.22. The van der Waals surface area contributed by atoms with Gasteiger partial charge in [0.2, 0.25) is 0 Å². The van der Waals surface area contributed by atoms with E-state index in [1.165, 1.54) is 11.1 Å². The lowest BCUT2D eigenvalue weighted by Crippen LogP contribution is -2.26. The summed E-state index contributed by atoms with van der Waals surface area (Å²) in [5.41, 5.74) is 2.51. The first-order valence-electron chi connectivity index (χ1n) is 9.61. The van der Waals surface area contributed by atoms with Gasteiger partial charge in [0.05, 0.1) is 15.2 Å². The number of aromatic nitrogens is 2. The Morgan fingerprint density at radius 3 is 1.24 bits per heavy atom. The molecule has 0 spiro atoms. The van der Waals surface area contributed by atoms with Crippen LogP contribution in [0.5, 0.6) is 11.5 Å². The van der Waals surface area contributed by atoms with Gasteiger partial charge in [-0.2, -0.15) is 16.8 Å². The normalized spacial score (nSPS) is 11.6. The monoisotopic (exact) mass is 506 g/mol. The van der Waals surface area contributed by atoms with Crippen molar-refractivity contribution in [2.45, 2.75) is 9.79 Å². The molecule has 2 aromatic carbocycles. The van der Waals surface area contributed by atoms with Crippen LogP contribution < -0.4 is 9.13 Å². The molecule has 2 heterocycles. The zero-order valence-electron chi connectivity index (χ0n) is 18.1. The third kappa shape index (κ3) is 5.85. The van der Waals surface area contributed by atoms with Gasteiger partial charge in [0.15, 0.2) is 24.8 Å². The molecule has 0 aliphatic heterocycles.